The maximum Gasteiger partial charge on any atom is 0.316 e. The summed E-state index contributed by atoms with van der Waals surface area (Å²) < 4.78 is 13.5. The van der Waals surface area contributed by atoms with Crippen molar-refractivity contribution >= 4 is 6.04 Å². The number of hydrogen-bond acceptors (Lipinski definition) is 1. The Morgan fingerprint density at radius 2 is 1.24 bits per heavy atom. The highest BCUT2D eigenvalue weighted by Gasteiger charge is 2.37. The molecule has 2 aromatic rings. The summed E-state index contributed by atoms with van der Waals surface area (Å²) in [7, 11) is 0. The van der Waals surface area contributed by atoms with E-state index in [9.17, 15) is 9.18 Å². The molecular formula is C15H13FO. The summed E-state index contributed by atoms with van der Waals surface area (Å²) in [4.78, 5) is 11.4. The molecule has 0 saturated heterocycles. The summed E-state index contributed by atoms with van der Waals surface area (Å²) in [6.45, 7) is 1.61. The van der Waals surface area contributed by atoms with Crippen molar-refractivity contribution in [3.05, 3.63) is 71.8 Å². The second-order valence-electron chi connectivity index (χ2n) is 4.13. The van der Waals surface area contributed by atoms with Crippen LogP contribution < -0.4 is 0 Å². The van der Waals surface area contributed by atoms with Crippen LogP contribution in [0.4, 0.5) is 4.39 Å². The van der Waals surface area contributed by atoms with Gasteiger partial charge in [-0.05, 0) is 18.1 Å². The first kappa shape index (κ1) is 11.5. The predicted molar refractivity (Wildman–Crippen MR) is 65.5 cm³/mol. The molecule has 2 rings (SSSR count). The Morgan fingerprint density at radius 3 is 1.53 bits per heavy atom. The van der Waals surface area contributed by atoms with E-state index in [2.05, 4.69) is 0 Å². The normalized spacial score (nSPS) is 11.2. The molecule has 0 N–H and O–H groups in total. The zero-order valence-electron chi connectivity index (χ0n) is 9.56. The van der Waals surface area contributed by atoms with Crippen molar-refractivity contribution in [1.82, 2.24) is 0 Å². The van der Waals surface area contributed by atoms with E-state index >= 15 is 0 Å². The fourth-order valence-corrected chi connectivity index (χ4v) is 1.94. The Bertz CT molecular complexity index is 465. The van der Waals surface area contributed by atoms with E-state index in [0.717, 1.165) is 0 Å². The van der Waals surface area contributed by atoms with Gasteiger partial charge in [-0.15, -0.1) is 0 Å². The highest BCUT2D eigenvalue weighted by Crippen LogP contribution is 2.33. The van der Waals surface area contributed by atoms with E-state index in [1.807, 2.05) is 12.1 Å². The molecule has 0 bridgehead atoms. The van der Waals surface area contributed by atoms with Gasteiger partial charge in [0.15, 0.2) is 0 Å². The van der Waals surface area contributed by atoms with Crippen LogP contribution in [0, 0.1) is 0 Å². The van der Waals surface area contributed by atoms with Crippen LogP contribution in [0.2, 0.25) is 0 Å². The van der Waals surface area contributed by atoms with Crippen molar-refractivity contribution in [3.63, 3.8) is 0 Å². The molecule has 0 radical (unpaired) electrons. The molecule has 0 atom stereocenters. The van der Waals surface area contributed by atoms with Crippen molar-refractivity contribution < 1.29 is 9.18 Å². The molecule has 0 heterocycles. The average molecular weight is 228 g/mol. The van der Waals surface area contributed by atoms with Gasteiger partial charge in [0.1, 0.15) is 5.41 Å². The van der Waals surface area contributed by atoms with Gasteiger partial charge in [0, 0.05) is 0 Å². The minimum Gasteiger partial charge on any atom is -0.260 e. The van der Waals surface area contributed by atoms with Crippen molar-refractivity contribution in [3.8, 4) is 0 Å². The van der Waals surface area contributed by atoms with Crippen molar-refractivity contribution in [2.24, 2.45) is 0 Å². The molecule has 0 aromatic heterocycles. The second kappa shape index (κ2) is 4.50. The molecule has 0 fully saturated rings. The Morgan fingerprint density at radius 1 is 0.882 bits per heavy atom. The van der Waals surface area contributed by atoms with Gasteiger partial charge in [0.2, 0.25) is 0 Å². The maximum absolute atomic E-state index is 13.5. The quantitative estimate of drug-likeness (QED) is 0.735. The number of rotatable bonds is 3. The summed E-state index contributed by atoms with van der Waals surface area (Å²) in [5, 5.41) is 0. The summed E-state index contributed by atoms with van der Waals surface area (Å²) >= 11 is 0. The lowest BCUT2D eigenvalue weighted by molar-refractivity contribution is -0.133. The van der Waals surface area contributed by atoms with Crippen LogP contribution in [0.5, 0.6) is 0 Å². The molecule has 2 aromatic carbocycles. The third kappa shape index (κ3) is 1.98. The number of carbonyl (C=O) groups excluding carboxylic acids is 1. The highest BCUT2D eigenvalue weighted by atomic mass is 19.1. The first-order valence-electron chi connectivity index (χ1n) is 5.46. The van der Waals surface area contributed by atoms with Crippen LogP contribution >= 0.6 is 0 Å². The lowest BCUT2D eigenvalue weighted by Crippen LogP contribution is -2.31. The summed E-state index contributed by atoms with van der Waals surface area (Å²) in [6, 6.07) is 16.6. The molecule has 0 unspecified atom stereocenters. The highest BCUT2D eigenvalue weighted by molar-refractivity contribution is 5.86. The van der Waals surface area contributed by atoms with E-state index in [1.54, 1.807) is 55.5 Å². The standard InChI is InChI=1S/C15H13FO/c1-15(14(16)17,12-8-4-2-5-9-12)13-10-6-3-7-11-13/h2-11H,1H3. The van der Waals surface area contributed by atoms with Crippen LogP contribution in [0.1, 0.15) is 18.1 Å². The number of hydrogen-bond donors (Lipinski definition) is 0. The summed E-state index contributed by atoms with van der Waals surface area (Å²) in [5.74, 6) is 0. The molecule has 0 saturated carbocycles. The van der Waals surface area contributed by atoms with Gasteiger partial charge in [-0.25, -0.2) is 0 Å². The molecule has 1 nitrogen and oxygen atoms in total. The first-order valence-corrected chi connectivity index (χ1v) is 5.46. The van der Waals surface area contributed by atoms with Gasteiger partial charge in [-0.3, -0.25) is 4.79 Å². The number of benzene rings is 2. The molecule has 0 aliphatic rings. The third-order valence-electron chi connectivity index (χ3n) is 3.10. The Balaban J connectivity index is 2.59. The Kier molecular flexibility index (Phi) is 3.05. The van der Waals surface area contributed by atoms with Gasteiger partial charge >= 0.3 is 6.04 Å². The van der Waals surface area contributed by atoms with Gasteiger partial charge in [-0.1, -0.05) is 60.7 Å². The van der Waals surface area contributed by atoms with Crippen molar-refractivity contribution in [2.75, 3.05) is 0 Å². The van der Waals surface area contributed by atoms with Gasteiger partial charge in [-0.2, -0.15) is 4.39 Å². The monoisotopic (exact) mass is 228 g/mol. The van der Waals surface area contributed by atoms with Gasteiger partial charge in [0.05, 0.1) is 0 Å². The Labute approximate surface area is 99.9 Å². The van der Waals surface area contributed by atoms with E-state index in [4.69, 9.17) is 0 Å². The minimum atomic E-state index is -1.34. The fourth-order valence-electron chi connectivity index (χ4n) is 1.94. The topological polar surface area (TPSA) is 17.1 Å². The zero-order valence-corrected chi connectivity index (χ0v) is 9.56. The largest absolute Gasteiger partial charge is 0.316 e. The van der Waals surface area contributed by atoms with Crippen LogP contribution in [-0.2, 0) is 10.2 Å². The van der Waals surface area contributed by atoms with Crippen LogP contribution in [0.25, 0.3) is 0 Å². The first-order chi connectivity index (χ1) is 8.15. The second-order valence-corrected chi connectivity index (χ2v) is 4.13. The molecule has 2 heteroatoms. The minimum absolute atomic E-state index is 0.665. The number of carbonyl (C=O) groups is 1. The van der Waals surface area contributed by atoms with Crippen molar-refractivity contribution in [1.29, 1.82) is 0 Å². The smallest absolute Gasteiger partial charge is 0.260 e. The van der Waals surface area contributed by atoms with E-state index in [0.29, 0.717) is 11.1 Å². The molecule has 0 spiro atoms. The van der Waals surface area contributed by atoms with Crippen LogP contribution in [0.15, 0.2) is 60.7 Å². The SMILES string of the molecule is CC(C(=O)F)(c1ccccc1)c1ccccc1. The molecule has 86 valence electrons. The Hall–Kier alpha value is -1.96. The van der Waals surface area contributed by atoms with Gasteiger partial charge in [0.25, 0.3) is 0 Å². The van der Waals surface area contributed by atoms with E-state index in [1.165, 1.54) is 0 Å². The van der Waals surface area contributed by atoms with Crippen LogP contribution in [0.3, 0.4) is 0 Å². The van der Waals surface area contributed by atoms with Crippen LogP contribution in [-0.4, -0.2) is 6.04 Å². The zero-order chi connectivity index (χ0) is 12.3. The summed E-state index contributed by atoms with van der Waals surface area (Å²) in [6.07, 6.45) is 0. The molecule has 0 aliphatic carbocycles. The van der Waals surface area contributed by atoms with E-state index < -0.39 is 11.5 Å². The molecule has 0 aliphatic heterocycles. The molecule has 17 heavy (non-hydrogen) atoms. The van der Waals surface area contributed by atoms with E-state index in [-0.39, 0.29) is 0 Å². The fraction of sp³-hybridized carbons (Fsp3) is 0.133. The third-order valence-corrected chi connectivity index (χ3v) is 3.10. The average Bonchev–Trinajstić information content (AvgIpc) is 2.39. The summed E-state index contributed by atoms with van der Waals surface area (Å²) in [5.41, 5.74) is 0.111. The molecule has 0 amide bonds. The lowest BCUT2D eigenvalue weighted by atomic mass is 9.77. The lowest BCUT2D eigenvalue weighted by Gasteiger charge is -2.25. The number of halogens is 1. The molecular weight excluding hydrogens is 215 g/mol. The van der Waals surface area contributed by atoms with Gasteiger partial charge < -0.3 is 0 Å². The maximum atomic E-state index is 13.5. The predicted octanol–water partition coefficient (Wildman–Crippen LogP) is 3.49. The van der Waals surface area contributed by atoms with Crippen molar-refractivity contribution in [2.45, 2.75) is 12.3 Å².